The van der Waals surface area contributed by atoms with Gasteiger partial charge >= 0.3 is 0 Å². The molecule has 0 fully saturated rings. The Hall–Kier alpha value is -2.43. The Bertz CT molecular complexity index is 701. The van der Waals surface area contributed by atoms with Gasteiger partial charge in [-0.3, -0.25) is 14.9 Å². The zero-order valence-corrected chi connectivity index (χ0v) is 8.27. The normalized spacial score (nSPS) is 11.0. The summed E-state index contributed by atoms with van der Waals surface area (Å²) in [5, 5.41) is 8.31. The third-order valence-corrected chi connectivity index (χ3v) is 2.54. The number of benzene rings is 1. The van der Waals surface area contributed by atoms with E-state index in [2.05, 4.69) is 15.2 Å². The first-order valence-corrected chi connectivity index (χ1v) is 4.79. The summed E-state index contributed by atoms with van der Waals surface area (Å²) in [6, 6.07) is 7.62. The molecule has 0 aliphatic heterocycles. The predicted molar refractivity (Wildman–Crippen MR) is 59.9 cm³/mol. The molecule has 2 heterocycles. The number of nitrogens with two attached hydrogens (primary N) is 1. The molecule has 0 atom stereocenters. The molecule has 3 rings (SSSR count). The number of hydrogen-bond donors (Lipinski definition) is 2. The highest BCUT2D eigenvalue weighted by Gasteiger charge is 2.12. The number of para-hydroxylation sites is 1. The molecule has 16 heavy (non-hydrogen) atoms. The Morgan fingerprint density at radius 3 is 2.88 bits per heavy atom. The third kappa shape index (κ3) is 1.08. The van der Waals surface area contributed by atoms with Crippen LogP contribution in [0, 0.1) is 0 Å². The van der Waals surface area contributed by atoms with Gasteiger partial charge in [-0.15, -0.1) is 0 Å². The van der Waals surface area contributed by atoms with E-state index in [-0.39, 0.29) is 0 Å². The van der Waals surface area contributed by atoms with Gasteiger partial charge in [0.25, 0.3) is 5.91 Å². The highest BCUT2D eigenvalue weighted by atomic mass is 16.1. The van der Waals surface area contributed by atoms with Crippen molar-refractivity contribution in [1.82, 2.24) is 15.2 Å². The summed E-state index contributed by atoms with van der Waals surface area (Å²) < 4.78 is 0. The van der Waals surface area contributed by atoms with Crippen molar-refractivity contribution in [2.24, 2.45) is 5.73 Å². The molecule has 0 aliphatic rings. The van der Waals surface area contributed by atoms with Crippen LogP contribution < -0.4 is 5.73 Å². The van der Waals surface area contributed by atoms with Gasteiger partial charge in [0.1, 0.15) is 11.2 Å². The predicted octanol–water partition coefficient (Wildman–Crippen LogP) is 1.21. The van der Waals surface area contributed by atoms with Gasteiger partial charge in [0.15, 0.2) is 0 Å². The zero-order chi connectivity index (χ0) is 11.1. The summed E-state index contributed by atoms with van der Waals surface area (Å²) in [6.45, 7) is 0. The molecule has 0 saturated heterocycles. The van der Waals surface area contributed by atoms with E-state index in [1.165, 1.54) is 0 Å². The van der Waals surface area contributed by atoms with E-state index in [4.69, 9.17) is 5.73 Å². The Kier molecular flexibility index (Phi) is 1.67. The first kappa shape index (κ1) is 8.84. The highest BCUT2D eigenvalue weighted by Crippen LogP contribution is 2.23. The largest absolute Gasteiger partial charge is 0.364 e. The maximum atomic E-state index is 11.1. The number of aromatic amines is 1. The molecule has 78 valence electrons. The average molecular weight is 212 g/mol. The molecule has 0 radical (unpaired) electrons. The van der Waals surface area contributed by atoms with Crippen molar-refractivity contribution in [3.8, 4) is 0 Å². The molecule has 0 unspecified atom stereocenters. The number of rotatable bonds is 1. The van der Waals surface area contributed by atoms with Crippen LogP contribution in [0.1, 0.15) is 10.5 Å². The fraction of sp³-hybridized carbons (Fsp3) is 0. The summed E-state index contributed by atoms with van der Waals surface area (Å²) in [5.74, 6) is -0.528. The van der Waals surface area contributed by atoms with Gasteiger partial charge in [-0.05, 0) is 6.07 Å². The quantitative estimate of drug-likeness (QED) is 0.635. The Balaban J connectivity index is 2.49. The second kappa shape index (κ2) is 3.03. The number of primary amides is 1. The maximum absolute atomic E-state index is 11.1. The number of fused-ring (bicyclic) bond motifs is 3. The highest BCUT2D eigenvalue weighted by molar-refractivity contribution is 6.11. The van der Waals surface area contributed by atoms with Crippen molar-refractivity contribution in [1.29, 1.82) is 0 Å². The molecule has 5 nitrogen and oxygen atoms in total. The third-order valence-electron chi connectivity index (χ3n) is 2.54. The van der Waals surface area contributed by atoms with E-state index in [1.54, 1.807) is 6.20 Å². The van der Waals surface area contributed by atoms with E-state index in [0.717, 1.165) is 16.4 Å². The van der Waals surface area contributed by atoms with Crippen LogP contribution in [0.2, 0.25) is 0 Å². The minimum absolute atomic E-state index is 0.299. The van der Waals surface area contributed by atoms with Crippen LogP contribution in [0.4, 0.5) is 0 Å². The Morgan fingerprint density at radius 2 is 2.06 bits per heavy atom. The second-order valence-electron chi connectivity index (χ2n) is 3.50. The lowest BCUT2D eigenvalue weighted by molar-refractivity contribution is 0.0997. The topological polar surface area (TPSA) is 84.7 Å². The van der Waals surface area contributed by atoms with Crippen molar-refractivity contribution in [3.05, 3.63) is 36.2 Å². The first-order valence-electron chi connectivity index (χ1n) is 4.79. The number of amides is 1. The molecule has 0 saturated carbocycles. The summed E-state index contributed by atoms with van der Waals surface area (Å²) >= 11 is 0. The fourth-order valence-corrected chi connectivity index (χ4v) is 1.79. The standard InChI is InChI=1S/C11H8N4O/c12-11(16)10-7-5-13-8-4-2-1-3-6(8)9(7)14-15-10/h1-5H,(H2,12,16)(H,14,15). The van der Waals surface area contributed by atoms with Crippen molar-refractivity contribution in [2.75, 3.05) is 0 Å². The van der Waals surface area contributed by atoms with Gasteiger partial charge in [0.05, 0.1) is 10.9 Å². The van der Waals surface area contributed by atoms with E-state index < -0.39 is 5.91 Å². The van der Waals surface area contributed by atoms with Gasteiger partial charge in [-0.25, -0.2) is 0 Å². The van der Waals surface area contributed by atoms with E-state index in [0.29, 0.717) is 11.1 Å². The van der Waals surface area contributed by atoms with Crippen molar-refractivity contribution < 1.29 is 4.79 Å². The number of carbonyl (C=O) groups excluding carboxylic acids is 1. The molecule has 1 amide bonds. The average Bonchev–Trinajstić information content (AvgIpc) is 2.73. The number of hydrogen-bond acceptors (Lipinski definition) is 3. The molecule has 3 N–H and O–H groups in total. The van der Waals surface area contributed by atoms with Crippen LogP contribution in [-0.2, 0) is 0 Å². The number of nitrogens with one attached hydrogen (secondary N) is 1. The fourth-order valence-electron chi connectivity index (χ4n) is 1.79. The number of aromatic nitrogens is 3. The van der Waals surface area contributed by atoms with Crippen LogP contribution in [-0.4, -0.2) is 21.1 Å². The number of H-pyrrole nitrogens is 1. The van der Waals surface area contributed by atoms with Crippen molar-refractivity contribution in [3.63, 3.8) is 0 Å². The van der Waals surface area contributed by atoms with E-state index in [9.17, 15) is 4.79 Å². The van der Waals surface area contributed by atoms with Gasteiger partial charge in [0, 0.05) is 11.6 Å². The first-order chi connectivity index (χ1) is 7.77. The van der Waals surface area contributed by atoms with Gasteiger partial charge in [-0.2, -0.15) is 5.10 Å². The number of pyridine rings is 1. The monoisotopic (exact) mass is 212 g/mol. The lowest BCUT2D eigenvalue weighted by Gasteiger charge is -1.96. The number of carbonyl (C=O) groups is 1. The summed E-state index contributed by atoms with van der Waals surface area (Å²) in [5.41, 5.74) is 7.10. The number of nitrogens with zero attached hydrogens (tertiary/aromatic N) is 2. The lowest BCUT2D eigenvalue weighted by atomic mass is 10.1. The molecule has 5 heteroatoms. The molecular weight excluding hydrogens is 204 g/mol. The van der Waals surface area contributed by atoms with Gasteiger partial charge in [-0.1, -0.05) is 18.2 Å². The zero-order valence-electron chi connectivity index (χ0n) is 8.27. The molecule has 0 spiro atoms. The maximum Gasteiger partial charge on any atom is 0.267 e. The summed E-state index contributed by atoms with van der Waals surface area (Å²) in [6.07, 6.45) is 1.61. The molecular formula is C11H8N4O. The Morgan fingerprint density at radius 1 is 1.25 bits per heavy atom. The minimum Gasteiger partial charge on any atom is -0.364 e. The Labute approximate surface area is 90.3 Å². The minimum atomic E-state index is -0.528. The van der Waals surface area contributed by atoms with Crippen LogP contribution in [0.25, 0.3) is 21.8 Å². The van der Waals surface area contributed by atoms with Crippen LogP contribution in [0.5, 0.6) is 0 Å². The second-order valence-corrected chi connectivity index (χ2v) is 3.50. The summed E-state index contributed by atoms with van der Waals surface area (Å²) in [7, 11) is 0. The molecule has 2 aromatic heterocycles. The van der Waals surface area contributed by atoms with Crippen LogP contribution in [0.15, 0.2) is 30.5 Å². The lowest BCUT2D eigenvalue weighted by Crippen LogP contribution is -2.11. The molecule has 1 aromatic carbocycles. The van der Waals surface area contributed by atoms with Crippen molar-refractivity contribution in [2.45, 2.75) is 0 Å². The van der Waals surface area contributed by atoms with E-state index in [1.807, 2.05) is 24.3 Å². The molecule has 0 aliphatic carbocycles. The van der Waals surface area contributed by atoms with Crippen LogP contribution in [0.3, 0.4) is 0 Å². The SMILES string of the molecule is NC(=O)c1[nH]nc2c1cnc1ccccc12. The summed E-state index contributed by atoms with van der Waals surface area (Å²) in [4.78, 5) is 15.4. The smallest absolute Gasteiger partial charge is 0.267 e. The van der Waals surface area contributed by atoms with Crippen LogP contribution >= 0.6 is 0 Å². The van der Waals surface area contributed by atoms with Gasteiger partial charge < -0.3 is 5.73 Å². The van der Waals surface area contributed by atoms with E-state index >= 15 is 0 Å². The van der Waals surface area contributed by atoms with Crippen molar-refractivity contribution >= 4 is 27.7 Å². The van der Waals surface area contributed by atoms with Gasteiger partial charge in [0.2, 0.25) is 0 Å². The molecule has 0 bridgehead atoms. The molecule has 3 aromatic rings.